The number of aliphatic hydroxyl groups is 1. The number of aromatic nitrogens is 1. The zero-order chi connectivity index (χ0) is 24.7. The van der Waals surface area contributed by atoms with E-state index in [-0.39, 0.29) is 11.3 Å². The Kier molecular flexibility index (Phi) is 6.05. The zero-order valence-corrected chi connectivity index (χ0v) is 20.6. The summed E-state index contributed by atoms with van der Waals surface area (Å²) in [6, 6.07) is 18.6. The molecule has 0 saturated carbocycles. The van der Waals surface area contributed by atoms with Gasteiger partial charge >= 0.3 is 5.91 Å². The summed E-state index contributed by atoms with van der Waals surface area (Å²) >= 11 is 7.59. The Morgan fingerprint density at radius 3 is 2.60 bits per heavy atom. The van der Waals surface area contributed by atoms with Crippen LogP contribution in [0.15, 0.2) is 72.3 Å². The number of fused-ring (bicyclic) bond motifs is 1. The molecule has 8 heteroatoms. The molecule has 0 unspecified atom stereocenters. The monoisotopic (exact) mass is 504 g/mol. The average Bonchev–Trinajstić information content (AvgIpc) is 3.37. The van der Waals surface area contributed by atoms with Crippen LogP contribution in [0.4, 0.5) is 5.13 Å². The second-order valence-corrected chi connectivity index (χ2v) is 9.59. The summed E-state index contributed by atoms with van der Waals surface area (Å²) in [4.78, 5) is 32.7. The third kappa shape index (κ3) is 4.17. The third-order valence-electron chi connectivity index (χ3n) is 5.79. The molecule has 3 aromatic carbocycles. The number of Topliss-reactive ketones (excluding diaryl/α,β-unsaturated/α-hetero) is 1. The van der Waals surface area contributed by atoms with Crippen LogP contribution in [0.5, 0.6) is 5.75 Å². The largest absolute Gasteiger partial charge is 0.507 e. The molecular weight excluding hydrogens is 484 g/mol. The zero-order valence-electron chi connectivity index (χ0n) is 19.0. The summed E-state index contributed by atoms with van der Waals surface area (Å²) in [7, 11) is 0. The van der Waals surface area contributed by atoms with Crippen molar-refractivity contribution < 1.29 is 19.4 Å². The van der Waals surface area contributed by atoms with Crippen molar-refractivity contribution in [2.24, 2.45) is 0 Å². The Hall–Kier alpha value is -3.68. The van der Waals surface area contributed by atoms with Crippen molar-refractivity contribution >= 4 is 55.7 Å². The first-order valence-electron chi connectivity index (χ1n) is 11.0. The van der Waals surface area contributed by atoms with Gasteiger partial charge < -0.3 is 9.84 Å². The quantitative estimate of drug-likeness (QED) is 0.196. The lowest BCUT2D eigenvalue weighted by Crippen LogP contribution is -2.29. The van der Waals surface area contributed by atoms with Gasteiger partial charge in [-0.3, -0.25) is 14.5 Å². The first-order valence-corrected chi connectivity index (χ1v) is 12.2. The summed E-state index contributed by atoms with van der Waals surface area (Å²) in [5, 5.41) is 12.1. The molecule has 1 aliphatic rings. The fraction of sp³-hybridized carbons (Fsp3) is 0.148. The van der Waals surface area contributed by atoms with Crippen LogP contribution < -0.4 is 9.64 Å². The highest BCUT2D eigenvalue weighted by Crippen LogP contribution is 2.44. The Morgan fingerprint density at radius 2 is 1.89 bits per heavy atom. The van der Waals surface area contributed by atoms with Crippen molar-refractivity contribution in [3.05, 3.63) is 94.0 Å². The maximum Gasteiger partial charge on any atom is 0.301 e. The molecule has 0 bridgehead atoms. The van der Waals surface area contributed by atoms with Crippen molar-refractivity contribution in [1.82, 2.24) is 4.98 Å². The van der Waals surface area contributed by atoms with E-state index in [1.165, 1.54) is 16.2 Å². The number of ketones is 1. The van der Waals surface area contributed by atoms with Crippen LogP contribution in [0.1, 0.15) is 29.7 Å². The number of benzene rings is 3. The molecule has 1 aromatic heterocycles. The fourth-order valence-corrected chi connectivity index (χ4v) is 5.46. The summed E-state index contributed by atoms with van der Waals surface area (Å²) in [6.45, 7) is 4.37. The van der Waals surface area contributed by atoms with E-state index in [9.17, 15) is 14.7 Å². The lowest BCUT2D eigenvalue weighted by Gasteiger charge is -2.23. The molecule has 1 N–H and O–H groups in total. The molecule has 35 heavy (non-hydrogen) atoms. The number of anilines is 1. The maximum absolute atomic E-state index is 13.3. The lowest BCUT2D eigenvalue weighted by molar-refractivity contribution is -0.132. The minimum atomic E-state index is -0.887. The van der Waals surface area contributed by atoms with E-state index in [4.69, 9.17) is 16.3 Å². The van der Waals surface area contributed by atoms with Gasteiger partial charge in [-0.15, -0.1) is 0 Å². The van der Waals surface area contributed by atoms with Crippen LogP contribution >= 0.6 is 22.9 Å². The van der Waals surface area contributed by atoms with E-state index in [2.05, 4.69) is 4.98 Å². The number of hydrogen-bond acceptors (Lipinski definition) is 6. The van der Waals surface area contributed by atoms with E-state index in [0.29, 0.717) is 33.6 Å². The molecule has 1 atom stereocenters. The van der Waals surface area contributed by atoms with Crippen LogP contribution in [-0.4, -0.2) is 28.4 Å². The topological polar surface area (TPSA) is 79.7 Å². The third-order valence-corrected chi connectivity index (χ3v) is 7.04. The number of carbonyl (C=O) groups is 2. The van der Waals surface area contributed by atoms with E-state index in [1.54, 1.807) is 48.5 Å². The number of carbonyl (C=O) groups excluding carboxylic acids is 2. The van der Waals surface area contributed by atoms with Crippen LogP contribution in [0.2, 0.25) is 5.02 Å². The number of rotatable bonds is 5. The number of hydrogen-bond donors (Lipinski definition) is 1. The van der Waals surface area contributed by atoms with Gasteiger partial charge in [0.05, 0.1) is 28.4 Å². The predicted molar refractivity (Wildman–Crippen MR) is 138 cm³/mol. The van der Waals surface area contributed by atoms with Crippen molar-refractivity contribution in [3.8, 4) is 5.75 Å². The van der Waals surface area contributed by atoms with Crippen LogP contribution in [0.3, 0.4) is 0 Å². The highest BCUT2D eigenvalue weighted by Gasteiger charge is 2.48. The molecule has 2 heterocycles. The van der Waals surface area contributed by atoms with Gasteiger partial charge in [0.25, 0.3) is 5.78 Å². The Morgan fingerprint density at radius 1 is 1.11 bits per heavy atom. The lowest BCUT2D eigenvalue weighted by atomic mass is 9.95. The van der Waals surface area contributed by atoms with Gasteiger partial charge in [0.1, 0.15) is 11.5 Å². The number of ether oxygens (including phenoxy) is 1. The molecule has 1 saturated heterocycles. The van der Waals surface area contributed by atoms with Gasteiger partial charge in [-0.2, -0.15) is 0 Å². The summed E-state index contributed by atoms with van der Waals surface area (Å²) in [6.07, 6.45) is 0. The van der Waals surface area contributed by atoms with E-state index in [1.807, 2.05) is 32.0 Å². The maximum atomic E-state index is 13.3. The first kappa shape index (κ1) is 23.1. The van der Waals surface area contributed by atoms with Crippen molar-refractivity contribution in [3.63, 3.8) is 0 Å². The number of nitrogens with zero attached hydrogens (tertiary/aromatic N) is 2. The van der Waals surface area contributed by atoms with E-state index < -0.39 is 17.7 Å². The van der Waals surface area contributed by atoms with Crippen molar-refractivity contribution in [1.29, 1.82) is 0 Å². The van der Waals surface area contributed by atoms with Crippen molar-refractivity contribution in [2.45, 2.75) is 19.9 Å². The highest BCUT2D eigenvalue weighted by atomic mass is 35.5. The Balaban J connectivity index is 1.69. The SMILES string of the molecule is CCOc1ccc(C(O)=C2C(=O)C(=O)N(c3nc4ccc(C)cc4s3)[C@H]2c2cccc(Cl)c2)cc1. The normalized spacial score (nSPS) is 17.3. The van der Waals surface area contributed by atoms with E-state index >= 15 is 0 Å². The summed E-state index contributed by atoms with van der Waals surface area (Å²) in [5.41, 5.74) is 2.78. The van der Waals surface area contributed by atoms with Gasteiger partial charge in [0.15, 0.2) is 5.13 Å². The minimum Gasteiger partial charge on any atom is -0.507 e. The van der Waals surface area contributed by atoms with Crippen LogP contribution in [-0.2, 0) is 9.59 Å². The summed E-state index contributed by atoms with van der Waals surface area (Å²) < 4.78 is 6.37. The van der Waals surface area contributed by atoms with Gasteiger partial charge in [0.2, 0.25) is 0 Å². The molecule has 6 nitrogen and oxygen atoms in total. The summed E-state index contributed by atoms with van der Waals surface area (Å²) in [5.74, 6) is -1.16. The standard InChI is InChI=1S/C27H21ClN2O4S/c1-3-34-19-10-8-16(9-11-19)24(31)22-23(17-5-4-6-18(28)14-17)30(26(33)25(22)32)27-29-20-12-7-15(2)13-21(20)35-27/h4-14,23,31H,3H2,1-2H3/t23-/m0/s1. The molecule has 1 amide bonds. The highest BCUT2D eigenvalue weighted by molar-refractivity contribution is 7.22. The van der Waals surface area contributed by atoms with Crippen LogP contribution in [0, 0.1) is 6.92 Å². The average molecular weight is 505 g/mol. The molecule has 176 valence electrons. The Bertz CT molecular complexity index is 1490. The minimum absolute atomic E-state index is 0.0168. The van der Waals surface area contributed by atoms with Crippen molar-refractivity contribution in [2.75, 3.05) is 11.5 Å². The molecule has 0 aliphatic carbocycles. The van der Waals surface area contributed by atoms with Crippen LogP contribution in [0.25, 0.3) is 16.0 Å². The number of halogens is 1. The first-order chi connectivity index (χ1) is 16.9. The fourth-order valence-electron chi connectivity index (χ4n) is 4.18. The number of amides is 1. The molecular formula is C27H21ClN2O4S. The van der Waals surface area contributed by atoms with Gasteiger partial charge in [-0.1, -0.05) is 41.1 Å². The number of aliphatic hydroxyl groups excluding tert-OH is 1. The molecule has 0 spiro atoms. The second-order valence-electron chi connectivity index (χ2n) is 8.15. The van der Waals surface area contributed by atoms with E-state index in [0.717, 1.165) is 15.8 Å². The predicted octanol–water partition coefficient (Wildman–Crippen LogP) is 6.28. The molecule has 1 aliphatic heterocycles. The molecule has 4 aromatic rings. The van der Waals surface area contributed by atoms with Gasteiger partial charge in [-0.25, -0.2) is 4.98 Å². The second kappa shape index (κ2) is 9.17. The Labute approximate surface area is 211 Å². The van der Waals surface area contributed by atoms with Gasteiger partial charge in [0, 0.05) is 10.6 Å². The van der Waals surface area contributed by atoms with Gasteiger partial charge in [-0.05, 0) is 73.5 Å². The molecule has 0 radical (unpaired) electrons. The number of aryl methyl sites for hydroxylation is 1. The molecule has 5 rings (SSSR count). The number of thiazole rings is 1. The smallest absolute Gasteiger partial charge is 0.301 e. The molecule has 1 fully saturated rings.